The lowest BCUT2D eigenvalue weighted by molar-refractivity contribution is -0.133. The van der Waals surface area contributed by atoms with E-state index in [1.807, 2.05) is 0 Å². The molecule has 4 heteroatoms. The summed E-state index contributed by atoms with van der Waals surface area (Å²) >= 11 is 0. The van der Waals surface area contributed by atoms with E-state index in [2.05, 4.69) is 50.4 Å². The molecule has 0 aromatic carbocycles. The van der Waals surface area contributed by atoms with Crippen LogP contribution in [-0.2, 0) is 4.79 Å². The van der Waals surface area contributed by atoms with Crippen molar-refractivity contribution in [3.63, 3.8) is 0 Å². The van der Waals surface area contributed by atoms with Crippen molar-refractivity contribution in [1.29, 1.82) is 0 Å². The van der Waals surface area contributed by atoms with Crippen LogP contribution in [0.4, 0.5) is 0 Å². The van der Waals surface area contributed by atoms with Gasteiger partial charge in [0.15, 0.2) is 0 Å². The summed E-state index contributed by atoms with van der Waals surface area (Å²) in [6, 6.07) is 0.241. The summed E-state index contributed by atoms with van der Waals surface area (Å²) < 4.78 is 0. The van der Waals surface area contributed by atoms with Gasteiger partial charge in [-0.05, 0) is 65.8 Å². The first kappa shape index (κ1) is 16.4. The van der Waals surface area contributed by atoms with Crippen LogP contribution in [0, 0.1) is 11.3 Å². The van der Waals surface area contributed by atoms with Gasteiger partial charge in [-0.3, -0.25) is 4.79 Å². The van der Waals surface area contributed by atoms with Crippen molar-refractivity contribution in [3.8, 4) is 0 Å². The van der Waals surface area contributed by atoms with Gasteiger partial charge in [-0.1, -0.05) is 13.8 Å². The number of carbonyl (C=O) groups is 1. The maximum Gasteiger partial charge on any atom is 0.226 e. The molecule has 1 saturated heterocycles. The van der Waals surface area contributed by atoms with E-state index >= 15 is 0 Å². The predicted molar refractivity (Wildman–Crippen MR) is 80.2 cm³/mol. The predicted octanol–water partition coefficient (Wildman–Crippen LogP) is 1.47. The molecular weight excluding hydrogens is 238 g/mol. The fraction of sp³-hybridized carbons (Fsp3) is 0.933. The lowest BCUT2D eigenvalue weighted by atomic mass is 9.74. The minimum absolute atomic E-state index is 0.201. The molecule has 19 heavy (non-hydrogen) atoms. The lowest BCUT2D eigenvalue weighted by Crippen LogP contribution is -2.49. The molecule has 0 spiro atoms. The largest absolute Gasteiger partial charge is 0.353 e. The number of carbonyl (C=O) groups excluding carboxylic acids is 1. The molecule has 0 aromatic rings. The van der Waals surface area contributed by atoms with Gasteiger partial charge in [0, 0.05) is 11.5 Å². The summed E-state index contributed by atoms with van der Waals surface area (Å²) in [6.07, 6.45) is 3.33. The van der Waals surface area contributed by atoms with Gasteiger partial charge in [0.25, 0.3) is 0 Å². The standard InChI is InChI=1S/C15H31N3O/c1-12(8-10-18(4)5)17-14(19)15(2,3)13-7-6-9-16-11-13/h12-13,16H,6-11H2,1-5H3,(H,17,19). The van der Waals surface area contributed by atoms with Crippen molar-refractivity contribution in [2.24, 2.45) is 11.3 Å². The molecule has 2 unspecified atom stereocenters. The fourth-order valence-electron chi connectivity index (χ4n) is 2.59. The van der Waals surface area contributed by atoms with Crippen LogP contribution in [0.25, 0.3) is 0 Å². The van der Waals surface area contributed by atoms with Crippen LogP contribution in [0.3, 0.4) is 0 Å². The smallest absolute Gasteiger partial charge is 0.226 e. The maximum atomic E-state index is 12.5. The molecule has 4 nitrogen and oxygen atoms in total. The van der Waals surface area contributed by atoms with E-state index < -0.39 is 0 Å². The van der Waals surface area contributed by atoms with Crippen LogP contribution < -0.4 is 10.6 Å². The number of hydrogen-bond acceptors (Lipinski definition) is 3. The van der Waals surface area contributed by atoms with E-state index in [1.165, 1.54) is 6.42 Å². The van der Waals surface area contributed by atoms with E-state index in [0.717, 1.165) is 32.5 Å². The van der Waals surface area contributed by atoms with Crippen molar-refractivity contribution < 1.29 is 4.79 Å². The van der Waals surface area contributed by atoms with Crippen molar-refractivity contribution >= 4 is 5.91 Å². The highest BCUT2D eigenvalue weighted by atomic mass is 16.2. The average Bonchev–Trinajstić information content (AvgIpc) is 2.37. The van der Waals surface area contributed by atoms with Gasteiger partial charge in [-0.25, -0.2) is 0 Å². The zero-order valence-corrected chi connectivity index (χ0v) is 13.3. The monoisotopic (exact) mass is 269 g/mol. The van der Waals surface area contributed by atoms with Gasteiger partial charge in [0.1, 0.15) is 0 Å². The Morgan fingerprint density at radius 1 is 1.47 bits per heavy atom. The maximum absolute atomic E-state index is 12.5. The number of nitrogens with zero attached hydrogens (tertiary/aromatic N) is 1. The van der Waals surface area contributed by atoms with Crippen LogP contribution in [0.2, 0.25) is 0 Å². The number of piperidine rings is 1. The first-order valence-electron chi connectivity index (χ1n) is 7.50. The van der Waals surface area contributed by atoms with Crippen molar-refractivity contribution in [1.82, 2.24) is 15.5 Å². The average molecular weight is 269 g/mol. The molecule has 1 rings (SSSR count). The molecule has 1 heterocycles. The van der Waals surface area contributed by atoms with Gasteiger partial charge in [-0.2, -0.15) is 0 Å². The Morgan fingerprint density at radius 2 is 2.16 bits per heavy atom. The van der Waals surface area contributed by atoms with E-state index in [-0.39, 0.29) is 17.4 Å². The van der Waals surface area contributed by atoms with Crippen molar-refractivity contribution in [3.05, 3.63) is 0 Å². The normalized spacial score (nSPS) is 22.3. The molecule has 1 aliphatic rings. The van der Waals surface area contributed by atoms with Crippen LogP contribution in [0.1, 0.15) is 40.0 Å². The molecule has 0 saturated carbocycles. The summed E-state index contributed by atoms with van der Waals surface area (Å²) in [5, 5.41) is 6.58. The highest BCUT2D eigenvalue weighted by Gasteiger charge is 2.37. The highest BCUT2D eigenvalue weighted by molar-refractivity contribution is 5.82. The van der Waals surface area contributed by atoms with Gasteiger partial charge >= 0.3 is 0 Å². The lowest BCUT2D eigenvalue weighted by Gasteiger charge is -2.36. The van der Waals surface area contributed by atoms with E-state index in [1.54, 1.807) is 0 Å². The Bertz CT molecular complexity index is 283. The first-order valence-corrected chi connectivity index (χ1v) is 7.50. The van der Waals surface area contributed by atoms with Gasteiger partial charge in [0.2, 0.25) is 5.91 Å². The zero-order chi connectivity index (χ0) is 14.5. The molecule has 2 atom stereocenters. The summed E-state index contributed by atoms with van der Waals surface area (Å²) in [6.45, 7) is 9.32. The second-order valence-corrected chi connectivity index (χ2v) is 6.73. The van der Waals surface area contributed by atoms with Gasteiger partial charge in [-0.15, -0.1) is 0 Å². The Morgan fingerprint density at radius 3 is 2.68 bits per heavy atom. The van der Waals surface area contributed by atoms with E-state index in [0.29, 0.717) is 5.92 Å². The van der Waals surface area contributed by atoms with Crippen LogP contribution in [-0.4, -0.2) is 50.6 Å². The molecule has 1 amide bonds. The quantitative estimate of drug-likeness (QED) is 0.767. The Balaban J connectivity index is 2.45. The van der Waals surface area contributed by atoms with Gasteiger partial charge < -0.3 is 15.5 Å². The third-order valence-corrected chi connectivity index (χ3v) is 4.29. The summed E-state index contributed by atoms with van der Waals surface area (Å²) in [5.74, 6) is 0.648. The van der Waals surface area contributed by atoms with Crippen molar-refractivity contribution in [2.45, 2.75) is 46.1 Å². The fourth-order valence-corrected chi connectivity index (χ4v) is 2.59. The highest BCUT2D eigenvalue weighted by Crippen LogP contribution is 2.32. The second kappa shape index (κ2) is 7.25. The molecular formula is C15H31N3O. The molecule has 2 N–H and O–H groups in total. The van der Waals surface area contributed by atoms with Crippen LogP contribution >= 0.6 is 0 Å². The Kier molecular flexibility index (Phi) is 6.27. The third-order valence-electron chi connectivity index (χ3n) is 4.29. The van der Waals surface area contributed by atoms with E-state index in [9.17, 15) is 4.79 Å². The number of hydrogen-bond donors (Lipinski definition) is 2. The van der Waals surface area contributed by atoms with Crippen LogP contribution in [0.5, 0.6) is 0 Å². The summed E-state index contributed by atoms with van der Waals surface area (Å²) in [7, 11) is 4.12. The SMILES string of the molecule is CC(CCN(C)C)NC(=O)C(C)(C)C1CCCNC1. The first-order chi connectivity index (χ1) is 8.84. The van der Waals surface area contributed by atoms with Crippen molar-refractivity contribution in [2.75, 3.05) is 33.7 Å². The molecule has 0 aliphatic carbocycles. The minimum Gasteiger partial charge on any atom is -0.353 e. The number of rotatable bonds is 6. The minimum atomic E-state index is -0.278. The number of nitrogens with one attached hydrogen (secondary N) is 2. The zero-order valence-electron chi connectivity index (χ0n) is 13.3. The van der Waals surface area contributed by atoms with Crippen LogP contribution in [0.15, 0.2) is 0 Å². The summed E-state index contributed by atoms with van der Waals surface area (Å²) in [5.41, 5.74) is -0.278. The molecule has 0 radical (unpaired) electrons. The number of amides is 1. The Labute approximate surface area is 118 Å². The molecule has 0 bridgehead atoms. The molecule has 112 valence electrons. The summed E-state index contributed by atoms with van der Waals surface area (Å²) in [4.78, 5) is 14.6. The third kappa shape index (κ3) is 5.11. The molecule has 1 fully saturated rings. The topological polar surface area (TPSA) is 44.4 Å². The molecule has 0 aromatic heterocycles. The second-order valence-electron chi connectivity index (χ2n) is 6.73. The van der Waals surface area contributed by atoms with E-state index in [4.69, 9.17) is 0 Å². The Hall–Kier alpha value is -0.610. The van der Waals surface area contributed by atoms with Gasteiger partial charge in [0.05, 0.1) is 0 Å². The molecule has 1 aliphatic heterocycles.